The number of ether oxygens (including phenoxy) is 1. The molecule has 0 aromatic heterocycles. The zero-order valence-electron chi connectivity index (χ0n) is 19.4. The van der Waals surface area contributed by atoms with Gasteiger partial charge in [-0.2, -0.15) is 0 Å². The molecule has 1 heterocycles. The monoisotopic (exact) mass is 434 g/mol. The Labute approximate surface area is 193 Å². The van der Waals surface area contributed by atoms with E-state index in [9.17, 15) is 4.79 Å². The van der Waals surface area contributed by atoms with E-state index in [0.717, 1.165) is 62.3 Å². The van der Waals surface area contributed by atoms with E-state index < -0.39 is 5.41 Å². The lowest BCUT2D eigenvalue weighted by Crippen LogP contribution is -2.42. The molecule has 0 spiro atoms. The number of nitrogens with one attached hydrogen (secondary N) is 1. The van der Waals surface area contributed by atoms with Gasteiger partial charge < -0.3 is 15.0 Å². The normalized spacial score (nSPS) is 19.1. The number of amides is 1. The predicted octanol–water partition coefficient (Wildman–Crippen LogP) is 6.17. The summed E-state index contributed by atoms with van der Waals surface area (Å²) >= 11 is 0. The predicted molar refractivity (Wildman–Crippen MR) is 131 cm³/mol. The van der Waals surface area contributed by atoms with Crippen molar-refractivity contribution in [3.05, 3.63) is 60.2 Å². The van der Waals surface area contributed by atoms with Gasteiger partial charge in [-0.1, -0.05) is 62.4 Å². The Balaban J connectivity index is 1.29. The van der Waals surface area contributed by atoms with Gasteiger partial charge in [-0.3, -0.25) is 4.79 Å². The number of anilines is 1. The molecule has 172 valence electrons. The molecule has 4 rings (SSSR count). The number of carbonyl (C=O) groups excluding carboxylic acids is 1. The molecule has 1 N–H and O–H groups in total. The van der Waals surface area contributed by atoms with Crippen LogP contribution in [0, 0.1) is 0 Å². The molecule has 2 aromatic rings. The van der Waals surface area contributed by atoms with Crippen LogP contribution in [0.2, 0.25) is 0 Å². The van der Waals surface area contributed by atoms with Crippen LogP contribution in [0.5, 0.6) is 5.75 Å². The first-order valence-electron chi connectivity index (χ1n) is 12.6. The highest BCUT2D eigenvalue weighted by Gasteiger charge is 2.40. The molecule has 1 aliphatic carbocycles. The van der Waals surface area contributed by atoms with Crippen LogP contribution in [0.3, 0.4) is 0 Å². The van der Waals surface area contributed by atoms with Gasteiger partial charge in [0.1, 0.15) is 5.75 Å². The third-order valence-electron chi connectivity index (χ3n) is 7.17. The van der Waals surface area contributed by atoms with Gasteiger partial charge in [0.2, 0.25) is 5.91 Å². The van der Waals surface area contributed by atoms with Crippen molar-refractivity contribution in [2.24, 2.45) is 0 Å². The van der Waals surface area contributed by atoms with Crippen LogP contribution in [-0.4, -0.2) is 37.0 Å². The summed E-state index contributed by atoms with van der Waals surface area (Å²) in [6, 6.07) is 18.2. The molecule has 0 radical (unpaired) electrons. The number of hydrogen-bond acceptors (Lipinski definition) is 3. The molecule has 1 aliphatic heterocycles. The molecule has 4 heteroatoms. The average Bonchev–Trinajstić information content (AvgIpc) is 3.13. The van der Waals surface area contributed by atoms with Crippen molar-refractivity contribution in [1.29, 1.82) is 0 Å². The van der Waals surface area contributed by atoms with Gasteiger partial charge in [0, 0.05) is 12.2 Å². The van der Waals surface area contributed by atoms with Gasteiger partial charge >= 0.3 is 0 Å². The Bertz CT molecular complexity index is 820. The Hall–Kier alpha value is -2.33. The van der Waals surface area contributed by atoms with Crippen LogP contribution in [0.15, 0.2) is 54.6 Å². The fraction of sp³-hybridized carbons (Fsp3) is 0.536. The quantitative estimate of drug-likeness (QED) is 0.505. The van der Waals surface area contributed by atoms with E-state index in [1.165, 1.54) is 45.2 Å². The zero-order valence-corrected chi connectivity index (χ0v) is 19.4. The molecule has 0 atom stereocenters. The number of hydrogen-bond donors (Lipinski definition) is 1. The molecule has 4 nitrogen and oxygen atoms in total. The average molecular weight is 435 g/mol. The lowest BCUT2D eigenvalue weighted by molar-refractivity contribution is -0.122. The third kappa shape index (κ3) is 5.92. The summed E-state index contributed by atoms with van der Waals surface area (Å²) in [6.45, 7) is 4.33. The maximum atomic E-state index is 13.4. The summed E-state index contributed by atoms with van der Waals surface area (Å²) in [5.74, 6) is 0.990. The van der Waals surface area contributed by atoms with Crippen molar-refractivity contribution >= 4 is 11.6 Å². The Morgan fingerprint density at radius 3 is 2.19 bits per heavy atom. The van der Waals surface area contributed by atoms with Crippen molar-refractivity contribution in [2.45, 2.75) is 69.6 Å². The van der Waals surface area contributed by atoms with Crippen molar-refractivity contribution < 1.29 is 9.53 Å². The lowest BCUT2D eigenvalue weighted by Gasteiger charge is -2.36. The van der Waals surface area contributed by atoms with Gasteiger partial charge in [0.15, 0.2) is 0 Å². The fourth-order valence-corrected chi connectivity index (χ4v) is 5.28. The van der Waals surface area contributed by atoms with E-state index in [1.807, 2.05) is 42.5 Å². The molecule has 0 bridgehead atoms. The Kier molecular flexibility index (Phi) is 8.22. The molecule has 0 unspecified atom stereocenters. The molecular weight excluding hydrogens is 396 g/mol. The molecule has 1 saturated carbocycles. The summed E-state index contributed by atoms with van der Waals surface area (Å²) in [6.07, 6.45) is 11.7. The number of benzene rings is 2. The molecule has 32 heavy (non-hydrogen) atoms. The smallest absolute Gasteiger partial charge is 0.235 e. The summed E-state index contributed by atoms with van der Waals surface area (Å²) in [7, 11) is 0. The van der Waals surface area contributed by atoms with Gasteiger partial charge in [0.05, 0.1) is 12.0 Å². The minimum absolute atomic E-state index is 0.120. The number of likely N-dealkylation sites (tertiary alicyclic amines) is 1. The maximum Gasteiger partial charge on any atom is 0.235 e. The Morgan fingerprint density at radius 2 is 1.50 bits per heavy atom. The van der Waals surface area contributed by atoms with Crippen LogP contribution in [-0.2, 0) is 10.2 Å². The van der Waals surface area contributed by atoms with Crippen molar-refractivity contribution in [3.8, 4) is 5.75 Å². The molecule has 2 aliphatic rings. The van der Waals surface area contributed by atoms with Crippen LogP contribution >= 0.6 is 0 Å². The zero-order chi connectivity index (χ0) is 22.1. The van der Waals surface area contributed by atoms with Gasteiger partial charge in [-0.25, -0.2) is 0 Å². The molecule has 2 aromatic carbocycles. The number of carbonyl (C=O) groups is 1. The van der Waals surface area contributed by atoms with E-state index >= 15 is 0 Å². The second kappa shape index (κ2) is 11.5. The summed E-state index contributed by atoms with van der Waals surface area (Å²) in [5.41, 5.74) is 1.57. The van der Waals surface area contributed by atoms with Crippen molar-refractivity contribution in [2.75, 3.05) is 31.6 Å². The summed E-state index contributed by atoms with van der Waals surface area (Å²) < 4.78 is 5.95. The minimum atomic E-state index is -0.415. The summed E-state index contributed by atoms with van der Waals surface area (Å²) in [4.78, 5) is 16.0. The first-order chi connectivity index (χ1) is 15.8. The van der Waals surface area contributed by atoms with E-state index in [-0.39, 0.29) is 5.91 Å². The highest BCUT2D eigenvalue weighted by atomic mass is 16.5. The highest BCUT2D eigenvalue weighted by Crippen LogP contribution is 2.40. The second-order valence-corrected chi connectivity index (χ2v) is 9.45. The topological polar surface area (TPSA) is 41.6 Å². The highest BCUT2D eigenvalue weighted by molar-refractivity contribution is 5.99. The van der Waals surface area contributed by atoms with Gasteiger partial charge in [0.25, 0.3) is 0 Å². The third-order valence-corrected chi connectivity index (χ3v) is 7.17. The minimum Gasteiger partial charge on any atom is -0.494 e. The first kappa shape index (κ1) is 22.8. The summed E-state index contributed by atoms with van der Waals surface area (Å²) in [5, 5.41) is 3.19. The van der Waals surface area contributed by atoms with Crippen molar-refractivity contribution in [3.63, 3.8) is 0 Å². The molecule has 1 amide bonds. The number of nitrogens with zero attached hydrogens (tertiary/aromatic N) is 1. The van der Waals surface area contributed by atoms with E-state index in [2.05, 4.69) is 22.3 Å². The molecular formula is C28H38N2O2. The van der Waals surface area contributed by atoms with Crippen molar-refractivity contribution in [1.82, 2.24) is 4.90 Å². The van der Waals surface area contributed by atoms with E-state index in [4.69, 9.17) is 4.74 Å². The second-order valence-electron chi connectivity index (χ2n) is 9.45. The maximum absolute atomic E-state index is 13.4. The van der Waals surface area contributed by atoms with Crippen LogP contribution < -0.4 is 10.1 Å². The molecule has 1 saturated heterocycles. The van der Waals surface area contributed by atoms with Gasteiger partial charge in [-0.05, 0) is 75.0 Å². The van der Waals surface area contributed by atoms with E-state index in [1.54, 1.807) is 0 Å². The standard InChI is InChI=1S/C28H38N2O2/c31-27(28(18-7-4-8-19-28)24-12-5-3-6-13-24)29-25-14-16-26(17-15-25)32-23-11-22-30-20-9-1-2-10-21-30/h3,5-6,12-17H,1-2,4,7-11,18-23H2,(H,29,31). The SMILES string of the molecule is O=C(Nc1ccc(OCCCN2CCCCCC2)cc1)C1(c2ccccc2)CCCCC1. The Morgan fingerprint density at radius 1 is 0.844 bits per heavy atom. The van der Waals surface area contributed by atoms with Gasteiger partial charge in [-0.15, -0.1) is 0 Å². The van der Waals surface area contributed by atoms with Crippen LogP contribution in [0.1, 0.15) is 69.8 Å². The largest absolute Gasteiger partial charge is 0.494 e. The number of rotatable bonds is 8. The van der Waals surface area contributed by atoms with E-state index in [0.29, 0.717) is 0 Å². The fourth-order valence-electron chi connectivity index (χ4n) is 5.28. The van der Waals surface area contributed by atoms with Crippen LogP contribution in [0.4, 0.5) is 5.69 Å². The lowest BCUT2D eigenvalue weighted by atomic mass is 9.68. The van der Waals surface area contributed by atoms with Crippen LogP contribution in [0.25, 0.3) is 0 Å². The first-order valence-corrected chi connectivity index (χ1v) is 12.6. The molecule has 2 fully saturated rings.